The third-order valence-electron chi connectivity index (χ3n) is 2.75. The lowest BCUT2D eigenvalue weighted by Gasteiger charge is -2.04. The highest BCUT2D eigenvalue weighted by Gasteiger charge is 2.15. The number of aromatic amines is 1. The Balaban J connectivity index is 2.30. The number of hydrogen-bond donors (Lipinski definition) is 1. The van der Waals surface area contributed by atoms with Crippen LogP contribution >= 0.6 is 0 Å². The first-order valence-corrected chi connectivity index (χ1v) is 5.73. The predicted octanol–water partition coefficient (Wildman–Crippen LogP) is 0.747. The minimum absolute atomic E-state index is 0.0392. The Morgan fingerprint density at radius 1 is 1.53 bits per heavy atom. The first kappa shape index (κ1) is 11.4. The van der Waals surface area contributed by atoms with Crippen molar-refractivity contribution in [2.45, 2.75) is 6.92 Å². The molecule has 0 amide bonds. The summed E-state index contributed by atoms with van der Waals surface area (Å²) in [7, 11) is 0. The minimum Gasteiger partial charge on any atom is -0.462 e. The van der Waals surface area contributed by atoms with E-state index in [1.807, 2.05) is 0 Å². The summed E-state index contributed by atoms with van der Waals surface area (Å²) in [6, 6.07) is 1.72. The molecule has 0 unspecified atom stereocenters. The number of pyridine rings is 1. The molecule has 0 aliphatic rings. The number of carbonyl (C=O) groups excluding carboxylic acids is 1. The average Bonchev–Trinajstić information content (AvgIpc) is 2.87. The number of esters is 1. The second-order valence-corrected chi connectivity index (χ2v) is 3.87. The van der Waals surface area contributed by atoms with Crippen LogP contribution in [-0.4, -0.2) is 32.2 Å². The van der Waals surface area contributed by atoms with Gasteiger partial charge in [-0.25, -0.2) is 9.78 Å². The second-order valence-electron chi connectivity index (χ2n) is 3.87. The lowest BCUT2D eigenvalue weighted by molar-refractivity contribution is 0.0524. The fourth-order valence-corrected chi connectivity index (χ4v) is 1.89. The predicted molar refractivity (Wildman–Crippen MR) is 67.1 cm³/mol. The summed E-state index contributed by atoms with van der Waals surface area (Å²) in [5, 5.41) is 4.36. The van der Waals surface area contributed by atoms with Crippen LogP contribution in [0, 0.1) is 0 Å². The summed E-state index contributed by atoms with van der Waals surface area (Å²) in [6.45, 7) is 1.90. The Labute approximate surface area is 106 Å². The maximum Gasteiger partial charge on any atom is 0.343 e. The zero-order valence-electron chi connectivity index (χ0n) is 10.1. The van der Waals surface area contributed by atoms with E-state index in [9.17, 15) is 9.59 Å². The normalized spacial score (nSPS) is 11.0. The molecule has 19 heavy (non-hydrogen) atoms. The zero-order valence-corrected chi connectivity index (χ0v) is 10.1. The maximum atomic E-state index is 12.2. The Bertz CT molecular complexity index is 834. The number of fused-ring (bicyclic) bond motifs is 3. The van der Waals surface area contributed by atoms with Gasteiger partial charge in [-0.05, 0) is 6.92 Å². The smallest absolute Gasteiger partial charge is 0.343 e. The highest BCUT2D eigenvalue weighted by Crippen LogP contribution is 2.09. The van der Waals surface area contributed by atoms with E-state index in [-0.39, 0.29) is 12.2 Å². The standard InChI is InChI=1S/C12H10N4O3/c1-2-19-12(18)8-6-14-11-7(10(8)17)5-13-9-3-4-15-16(9)11/h3-6H,2H2,1H3,(H,14,17). The first-order chi connectivity index (χ1) is 9.22. The van der Waals surface area contributed by atoms with E-state index in [0.29, 0.717) is 16.7 Å². The largest absolute Gasteiger partial charge is 0.462 e. The molecule has 3 rings (SSSR count). The summed E-state index contributed by atoms with van der Waals surface area (Å²) < 4.78 is 6.33. The van der Waals surface area contributed by atoms with Crippen LogP contribution in [0.5, 0.6) is 0 Å². The van der Waals surface area contributed by atoms with Gasteiger partial charge < -0.3 is 9.72 Å². The van der Waals surface area contributed by atoms with Crippen LogP contribution in [0.2, 0.25) is 0 Å². The summed E-state index contributed by atoms with van der Waals surface area (Å²) in [6.07, 6.45) is 4.34. The van der Waals surface area contributed by atoms with Crippen LogP contribution in [0.3, 0.4) is 0 Å². The topological polar surface area (TPSA) is 89.3 Å². The molecule has 0 aromatic carbocycles. The van der Waals surface area contributed by atoms with Gasteiger partial charge in [0.15, 0.2) is 5.65 Å². The number of ether oxygens (including phenoxy) is 1. The van der Waals surface area contributed by atoms with Gasteiger partial charge in [-0.3, -0.25) is 4.79 Å². The molecule has 3 heterocycles. The van der Waals surface area contributed by atoms with Gasteiger partial charge in [-0.15, -0.1) is 0 Å². The fourth-order valence-electron chi connectivity index (χ4n) is 1.89. The number of H-pyrrole nitrogens is 1. The van der Waals surface area contributed by atoms with Crippen molar-refractivity contribution in [1.82, 2.24) is 19.6 Å². The molecule has 3 aromatic heterocycles. The van der Waals surface area contributed by atoms with E-state index in [1.165, 1.54) is 16.9 Å². The van der Waals surface area contributed by atoms with Gasteiger partial charge in [0, 0.05) is 18.5 Å². The van der Waals surface area contributed by atoms with E-state index >= 15 is 0 Å². The third-order valence-corrected chi connectivity index (χ3v) is 2.75. The Kier molecular flexibility index (Phi) is 2.52. The first-order valence-electron chi connectivity index (χ1n) is 5.73. The van der Waals surface area contributed by atoms with E-state index < -0.39 is 11.4 Å². The highest BCUT2D eigenvalue weighted by molar-refractivity contribution is 5.92. The lowest BCUT2D eigenvalue weighted by Crippen LogP contribution is -2.19. The Morgan fingerprint density at radius 3 is 3.16 bits per heavy atom. The van der Waals surface area contributed by atoms with Gasteiger partial charge in [0.1, 0.15) is 11.2 Å². The van der Waals surface area contributed by atoms with Crippen molar-refractivity contribution in [3.63, 3.8) is 0 Å². The monoisotopic (exact) mass is 258 g/mol. The minimum atomic E-state index is -0.647. The molecule has 0 radical (unpaired) electrons. The van der Waals surface area contributed by atoms with Crippen LogP contribution in [0.1, 0.15) is 17.3 Å². The molecule has 0 aliphatic carbocycles. The van der Waals surface area contributed by atoms with Crippen molar-refractivity contribution < 1.29 is 9.53 Å². The number of nitrogens with zero attached hydrogens (tertiary/aromatic N) is 3. The molecule has 0 aliphatic heterocycles. The zero-order chi connectivity index (χ0) is 13.4. The third kappa shape index (κ3) is 1.67. The van der Waals surface area contributed by atoms with Crippen molar-refractivity contribution in [1.29, 1.82) is 0 Å². The highest BCUT2D eigenvalue weighted by atomic mass is 16.5. The van der Waals surface area contributed by atoms with Crippen molar-refractivity contribution in [2.75, 3.05) is 6.61 Å². The molecular formula is C12H10N4O3. The molecule has 96 valence electrons. The molecule has 0 atom stereocenters. The Morgan fingerprint density at radius 2 is 2.37 bits per heavy atom. The van der Waals surface area contributed by atoms with Gasteiger partial charge in [0.2, 0.25) is 5.43 Å². The van der Waals surface area contributed by atoms with Crippen LogP contribution in [0.4, 0.5) is 0 Å². The number of carbonyl (C=O) groups is 1. The van der Waals surface area contributed by atoms with Gasteiger partial charge in [0.25, 0.3) is 0 Å². The van der Waals surface area contributed by atoms with Crippen molar-refractivity contribution in [3.05, 3.63) is 40.4 Å². The summed E-state index contributed by atoms with van der Waals surface area (Å²) >= 11 is 0. The summed E-state index contributed by atoms with van der Waals surface area (Å²) in [5.41, 5.74) is 0.653. The lowest BCUT2D eigenvalue weighted by atomic mass is 10.2. The van der Waals surface area contributed by atoms with Crippen LogP contribution in [-0.2, 0) is 4.74 Å². The van der Waals surface area contributed by atoms with Crippen molar-refractivity contribution in [2.24, 2.45) is 0 Å². The molecule has 0 fully saturated rings. The molecule has 1 N–H and O–H groups in total. The van der Waals surface area contributed by atoms with Gasteiger partial charge in [0.05, 0.1) is 18.2 Å². The Hall–Kier alpha value is -2.70. The average molecular weight is 258 g/mol. The van der Waals surface area contributed by atoms with E-state index in [2.05, 4.69) is 15.1 Å². The van der Waals surface area contributed by atoms with Gasteiger partial charge in [-0.1, -0.05) is 0 Å². The number of aromatic nitrogens is 4. The summed E-state index contributed by atoms with van der Waals surface area (Å²) in [4.78, 5) is 30.8. The van der Waals surface area contributed by atoms with Gasteiger partial charge in [-0.2, -0.15) is 9.61 Å². The van der Waals surface area contributed by atoms with Gasteiger partial charge >= 0.3 is 5.97 Å². The van der Waals surface area contributed by atoms with E-state index in [0.717, 1.165) is 0 Å². The van der Waals surface area contributed by atoms with Crippen LogP contribution in [0.15, 0.2) is 29.5 Å². The molecular weight excluding hydrogens is 248 g/mol. The van der Waals surface area contributed by atoms with E-state index in [1.54, 1.807) is 19.2 Å². The number of rotatable bonds is 2. The van der Waals surface area contributed by atoms with E-state index in [4.69, 9.17) is 4.74 Å². The second kappa shape index (κ2) is 4.20. The molecule has 7 nitrogen and oxygen atoms in total. The SMILES string of the molecule is CCOC(=O)c1c[nH]c2c(cnc3ccnn32)c1=O. The van der Waals surface area contributed by atoms with Crippen LogP contribution in [0.25, 0.3) is 16.7 Å². The number of nitrogens with one attached hydrogen (secondary N) is 1. The molecule has 0 bridgehead atoms. The van der Waals surface area contributed by atoms with Crippen molar-refractivity contribution >= 4 is 22.6 Å². The molecule has 0 saturated carbocycles. The van der Waals surface area contributed by atoms with Crippen molar-refractivity contribution in [3.8, 4) is 0 Å². The maximum absolute atomic E-state index is 12.2. The summed E-state index contributed by atoms with van der Waals surface area (Å²) in [5.74, 6) is -0.647. The van der Waals surface area contributed by atoms with Crippen LogP contribution < -0.4 is 5.43 Å². The molecule has 7 heteroatoms. The molecule has 0 saturated heterocycles. The molecule has 0 spiro atoms. The number of hydrogen-bond acceptors (Lipinski definition) is 5. The fraction of sp³-hybridized carbons (Fsp3) is 0.167. The quantitative estimate of drug-likeness (QED) is 0.685. The molecule has 3 aromatic rings.